The van der Waals surface area contributed by atoms with Crippen LogP contribution in [0.2, 0.25) is 0 Å². The number of allylic oxidation sites excluding steroid dienone is 2. The second kappa shape index (κ2) is 4.12. The molecule has 110 valence electrons. The first-order valence-electron chi connectivity index (χ1n) is 9.06. The van der Waals surface area contributed by atoms with Gasteiger partial charge in [0.25, 0.3) is 0 Å². The number of fused-ring (bicyclic) bond motifs is 9. The van der Waals surface area contributed by atoms with Crippen molar-refractivity contribution in [3.8, 4) is 0 Å². The minimum absolute atomic E-state index is 0.579. The normalized spacial score (nSPS) is 53.4. The first kappa shape index (κ1) is 12.3. The van der Waals surface area contributed by atoms with Crippen LogP contribution in [0.4, 0.5) is 0 Å². The van der Waals surface area contributed by atoms with Gasteiger partial charge in [-0.1, -0.05) is 19.1 Å². The summed E-state index contributed by atoms with van der Waals surface area (Å²) in [7, 11) is 0. The van der Waals surface area contributed by atoms with Crippen LogP contribution < -0.4 is 0 Å². The van der Waals surface area contributed by atoms with Crippen LogP contribution in [0, 0.1) is 46.8 Å². The summed E-state index contributed by atoms with van der Waals surface area (Å²) in [5.74, 6) is 7.45. The summed E-state index contributed by atoms with van der Waals surface area (Å²) < 4.78 is 5.51. The summed E-state index contributed by atoms with van der Waals surface area (Å²) in [5.41, 5.74) is 0.579. The SMILES string of the molecule is CCC1(CCC2CC3CC2C2C4C=CC(C4)C32)COC1. The van der Waals surface area contributed by atoms with Crippen molar-refractivity contribution in [1.29, 1.82) is 0 Å². The van der Waals surface area contributed by atoms with E-state index in [1.165, 1.54) is 25.7 Å². The summed E-state index contributed by atoms with van der Waals surface area (Å²) in [5, 5.41) is 0. The van der Waals surface area contributed by atoms with E-state index in [2.05, 4.69) is 19.1 Å². The average Bonchev–Trinajstić information content (AvgIpc) is 3.16. The maximum absolute atomic E-state index is 5.51. The molecule has 4 bridgehead atoms. The van der Waals surface area contributed by atoms with Crippen molar-refractivity contribution in [1.82, 2.24) is 0 Å². The standard InChI is InChI=1S/C19H28O/c1-2-19(10-20-11-19)6-5-12-7-15-9-16(12)18-14-4-3-13(8-14)17(15)18/h3-4,12-18H,2,5-11H2,1H3. The fraction of sp³-hybridized carbons (Fsp3) is 0.895. The lowest BCUT2D eigenvalue weighted by molar-refractivity contribution is -0.122. The van der Waals surface area contributed by atoms with Gasteiger partial charge in [0.1, 0.15) is 0 Å². The maximum Gasteiger partial charge on any atom is 0.0544 e. The Bertz CT molecular complexity index is 430. The highest BCUT2D eigenvalue weighted by Crippen LogP contribution is 2.67. The summed E-state index contributed by atoms with van der Waals surface area (Å²) in [6, 6.07) is 0. The molecule has 1 heteroatoms. The average molecular weight is 272 g/mol. The maximum atomic E-state index is 5.51. The van der Waals surface area contributed by atoms with E-state index in [0.29, 0.717) is 5.41 Å². The van der Waals surface area contributed by atoms with E-state index in [0.717, 1.165) is 54.6 Å². The van der Waals surface area contributed by atoms with Gasteiger partial charge in [0.05, 0.1) is 13.2 Å². The van der Waals surface area contributed by atoms with Crippen molar-refractivity contribution in [2.24, 2.45) is 46.8 Å². The first-order valence-corrected chi connectivity index (χ1v) is 9.06. The zero-order valence-corrected chi connectivity index (χ0v) is 12.8. The van der Waals surface area contributed by atoms with Crippen LogP contribution in [-0.2, 0) is 4.74 Å². The van der Waals surface area contributed by atoms with Crippen LogP contribution in [0.5, 0.6) is 0 Å². The van der Waals surface area contributed by atoms with E-state index < -0.39 is 0 Å². The summed E-state index contributed by atoms with van der Waals surface area (Å²) in [6.07, 6.45) is 14.1. The Labute approximate surface area is 123 Å². The molecular weight excluding hydrogens is 244 g/mol. The van der Waals surface area contributed by atoms with Crippen LogP contribution in [0.15, 0.2) is 12.2 Å². The topological polar surface area (TPSA) is 9.23 Å². The van der Waals surface area contributed by atoms with Crippen molar-refractivity contribution in [3.63, 3.8) is 0 Å². The molecular formula is C19H28O. The molecule has 7 atom stereocenters. The highest BCUT2D eigenvalue weighted by molar-refractivity contribution is 5.20. The molecule has 0 radical (unpaired) electrons. The molecule has 1 saturated heterocycles. The van der Waals surface area contributed by atoms with Crippen molar-refractivity contribution in [2.75, 3.05) is 13.2 Å². The molecule has 4 fully saturated rings. The Kier molecular flexibility index (Phi) is 2.53. The second-order valence-corrected chi connectivity index (χ2v) is 8.64. The number of rotatable bonds is 4. The van der Waals surface area contributed by atoms with Gasteiger partial charge >= 0.3 is 0 Å². The molecule has 7 unspecified atom stereocenters. The van der Waals surface area contributed by atoms with Crippen LogP contribution in [0.3, 0.4) is 0 Å². The van der Waals surface area contributed by atoms with Crippen molar-refractivity contribution < 1.29 is 4.74 Å². The first-order chi connectivity index (χ1) is 9.80. The van der Waals surface area contributed by atoms with Gasteiger partial charge in [0.15, 0.2) is 0 Å². The van der Waals surface area contributed by atoms with E-state index in [-0.39, 0.29) is 0 Å². The third-order valence-electron chi connectivity index (χ3n) is 8.02. The molecule has 0 aromatic carbocycles. The summed E-state index contributed by atoms with van der Waals surface area (Å²) in [6.45, 7) is 4.45. The molecule has 0 spiro atoms. The van der Waals surface area contributed by atoms with Crippen LogP contribution >= 0.6 is 0 Å². The minimum Gasteiger partial charge on any atom is -0.380 e. The lowest BCUT2D eigenvalue weighted by Gasteiger charge is -2.43. The number of hydrogen-bond acceptors (Lipinski definition) is 1. The quantitative estimate of drug-likeness (QED) is 0.548. The van der Waals surface area contributed by atoms with E-state index in [4.69, 9.17) is 4.74 Å². The lowest BCUT2D eigenvalue weighted by atomic mass is 9.67. The van der Waals surface area contributed by atoms with Gasteiger partial charge in [-0.25, -0.2) is 0 Å². The van der Waals surface area contributed by atoms with Crippen molar-refractivity contribution in [2.45, 2.75) is 45.4 Å². The number of hydrogen-bond donors (Lipinski definition) is 0. The third kappa shape index (κ3) is 1.48. The van der Waals surface area contributed by atoms with Gasteiger partial charge in [-0.05, 0) is 80.0 Å². The Hall–Kier alpha value is -0.300. The molecule has 0 N–H and O–H groups in total. The zero-order valence-electron chi connectivity index (χ0n) is 12.8. The largest absolute Gasteiger partial charge is 0.380 e. The molecule has 4 aliphatic carbocycles. The van der Waals surface area contributed by atoms with Gasteiger partial charge in [-0.2, -0.15) is 0 Å². The predicted octanol–water partition coefficient (Wildman–Crippen LogP) is 4.29. The van der Waals surface area contributed by atoms with Gasteiger partial charge in [0, 0.05) is 5.41 Å². The fourth-order valence-electron chi connectivity index (χ4n) is 6.89. The zero-order chi connectivity index (χ0) is 13.3. The van der Waals surface area contributed by atoms with Gasteiger partial charge < -0.3 is 4.74 Å². The smallest absolute Gasteiger partial charge is 0.0544 e. The Morgan fingerprint density at radius 1 is 1.05 bits per heavy atom. The second-order valence-electron chi connectivity index (χ2n) is 8.64. The van der Waals surface area contributed by atoms with Crippen LogP contribution in [0.25, 0.3) is 0 Å². The van der Waals surface area contributed by atoms with Crippen LogP contribution in [-0.4, -0.2) is 13.2 Å². The Balaban J connectivity index is 1.28. The van der Waals surface area contributed by atoms with Crippen LogP contribution in [0.1, 0.15) is 45.4 Å². The monoisotopic (exact) mass is 272 g/mol. The highest BCUT2D eigenvalue weighted by Gasteiger charge is 2.60. The summed E-state index contributed by atoms with van der Waals surface area (Å²) in [4.78, 5) is 0. The van der Waals surface area contributed by atoms with E-state index in [9.17, 15) is 0 Å². The molecule has 3 saturated carbocycles. The molecule has 0 aromatic heterocycles. The third-order valence-corrected chi connectivity index (χ3v) is 8.02. The van der Waals surface area contributed by atoms with E-state index >= 15 is 0 Å². The molecule has 5 aliphatic rings. The molecule has 1 nitrogen and oxygen atoms in total. The van der Waals surface area contributed by atoms with E-state index in [1.807, 2.05) is 0 Å². The predicted molar refractivity (Wildman–Crippen MR) is 80.2 cm³/mol. The molecule has 1 heterocycles. The molecule has 0 aromatic rings. The van der Waals surface area contributed by atoms with Crippen molar-refractivity contribution >= 4 is 0 Å². The Morgan fingerprint density at radius 2 is 1.85 bits per heavy atom. The van der Waals surface area contributed by atoms with Gasteiger partial charge in [-0.15, -0.1) is 0 Å². The van der Waals surface area contributed by atoms with Gasteiger partial charge in [0.2, 0.25) is 0 Å². The van der Waals surface area contributed by atoms with Gasteiger partial charge in [-0.3, -0.25) is 0 Å². The minimum atomic E-state index is 0.579. The molecule has 1 aliphatic heterocycles. The van der Waals surface area contributed by atoms with E-state index in [1.54, 1.807) is 12.8 Å². The van der Waals surface area contributed by atoms with Crippen molar-refractivity contribution in [3.05, 3.63) is 12.2 Å². The highest BCUT2D eigenvalue weighted by atomic mass is 16.5. The number of ether oxygens (including phenoxy) is 1. The lowest BCUT2D eigenvalue weighted by Crippen LogP contribution is -2.42. The molecule has 20 heavy (non-hydrogen) atoms. The fourth-order valence-corrected chi connectivity index (χ4v) is 6.89. The summed E-state index contributed by atoms with van der Waals surface area (Å²) >= 11 is 0. The molecule has 0 amide bonds. The Morgan fingerprint density at radius 3 is 2.55 bits per heavy atom. The molecule has 5 rings (SSSR count).